The number of carbonyl (C=O) groups excluding carboxylic acids is 1. The van der Waals surface area contributed by atoms with Crippen LogP contribution in [0.4, 0.5) is 13.6 Å². The third-order valence-electron chi connectivity index (χ3n) is 1.84. The van der Waals surface area contributed by atoms with Crippen LogP contribution in [-0.2, 0) is 14.9 Å². The van der Waals surface area contributed by atoms with Crippen molar-refractivity contribution >= 4 is 16.1 Å². The van der Waals surface area contributed by atoms with E-state index in [1.165, 1.54) is 4.90 Å². The zero-order valence-corrected chi connectivity index (χ0v) is 8.47. The number of hydrogen-bond donors (Lipinski definition) is 1. The minimum Gasteiger partial charge on any atom is -0.338 e. The molecule has 0 aromatic rings. The van der Waals surface area contributed by atoms with Gasteiger partial charge < -0.3 is 9.74 Å². The minimum atomic E-state index is -4.88. The van der Waals surface area contributed by atoms with Crippen molar-refractivity contribution in [1.29, 1.82) is 0 Å². The van der Waals surface area contributed by atoms with E-state index in [0.717, 1.165) is 17.7 Å². The molecule has 0 atom stereocenters. The number of likely N-dealkylation sites (tertiary alicyclic amines) is 1. The fraction of sp³-hybridized carbons (Fsp3) is 0.833. The lowest BCUT2D eigenvalue weighted by molar-refractivity contribution is 0.0871. The van der Waals surface area contributed by atoms with E-state index in [1.807, 2.05) is 0 Å². The standard InChI is InChI=1S/C6H10F2N2O4S/c7-5(8)15(12,13)9-14-6(11)10-3-1-2-4-10/h5,9H,1-4H2. The first kappa shape index (κ1) is 12.1. The molecule has 0 aromatic carbocycles. The van der Waals surface area contributed by atoms with Crippen molar-refractivity contribution < 1.29 is 26.8 Å². The lowest BCUT2D eigenvalue weighted by Crippen LogP contribution is -2.37. The van der Waals surface area contributed by atoms with Crippen LogP contribution in [0.3, 0.4) is 0 Å². The van der Waals surface area contributed by atoms with E-state index in [1.54, 1.807) is 0 Å². The van der Waals surface area contributed by atoms with Gasteiger partial charge in [-0.25, -0.2) is 13.2 Å². The van der Waals surface area contributed by atoms with E-state index in [4.69, 9.17) is 0 Å². The summed E-state index contributed by atoms with van der Waals surface area (Å²) < 4.78 is 44.6. The highest BCUT2D eigenvalue weighted by molar-refractivity contribution is 7.89. The molecule has 1 fully saturated rings. The van der Waals surface area contributed by atoms with E-state index < -0.39 is 21.9 Å². The van der Waals surface area contributed by atoms with E-state index in [0.29, 0.717) is 13.1 Å². The zero-order chi connectivity index (χ0) is 11.5. The van der Waals surface area contributed by atoms with Gasteiger partial charge >= 0.3 is 21.9 Å². The molecule has 1 aliphatic rings. The molecule has 1 amide bonds. The molecule has 0 aliphatic carbocycles. The highest BCUT2D eigenvalue weighted by atomic mass is 32.2. The van der Waals surface area contributed by atoms with Gasteiger partial charge in [-0.1, -0.05) is 0 Å². The lowest BCUT2D eigenvalue weighted by Gasteiger charge is -2.14. The molecule has 0 aromatic heterocycles. The van der Waals surface area contributed by atoms with Crippen molar-refractivity contribution in [1.82, 2.24) is 9.79 Å². The quantitative estimate of drug-likeness (QED) is 0.723. The number of rotatable bonds is 3. The summed E-state index contributed by atoms with van der Waals surface area (Å²) in [4.78, 5) is 17.4. The zero-order valence-electron chi connectivity index (χ0n) is 7.65. The Labute approximate surface area is 85.2 Å². The maximum absolute atomic E-state index is 11.8. The summed E-state index contributed by atoms with van der Waals surface area (Å²) >= 11 is 0. The molecule has 6 nitrogen and oxygen atoms in total. The monoisotopic (exact) mass is 244 g/mol. The molecule has 88 valence electrons. The second kappa shape index (κ2) is 4.71. The molecule has 1 N–H and O–H groups in total. The predicted molar refractivity (Wildman–Crippen MR) is 45.3 cm³/mol. The van der Waals surface area contributed by atoms with Crippen molar-refractivity contribution in [2.75, 3.05) is 13.1 Å². The van der Waals surface area contributed by atoms with Gasteiger partial charge in [0.25, 0.3) is 0 Å². The Kier molecular flexibility index (Phi) is 3.80. The van der Waals surface area contributed by atoms with Crippen LogP contribution in [0.2, 0.25) is 0 Å². The van der Waals surface area contributed by atoms with Crippen LogP contribution in [0.1, 0.15) is 12.8 Å². The molecule has 1 saturated heterocycles. The van der Waals surface area contributed by atoms with Crippen LogP contribution in [0.5, 0.6) is 0 Å². The van der Waals surface area contributed by atoms with Crippen molar-refractivity contribution in [3.63, 3.8) is 0 Å². The fourth-order valence-electron chi connectivity index (χ4n) is 1.09. The summed E-state index contributed by atoms with van der Waals surface area (Å²) in [6, 6.07) is 0. The largest absolute Gasteiger partial charge is 0.429 e. The highest BCUT2D eigenvalue weighted by Gasteiger charge is 2.27. The Morgan fingerprint density at radius 1 is 1.33 bits per heavy atom. The summed E-state index contributed by atoms with van der Waals surface area (Å²) in [6.07, 6.45) is 0.615. The Balaban J connectivity index is 2.40. The molecule has 15 heavy (non-hydrogen) atoms. The molecule has 9 heteroatoms. The maximum Gasteiger partial charge on any atom is 0.429 e. The van der Waals surface area contributed by atoms with Crippen molar-refractivity contribution in [3.8, 4) is 0 Å². The van der Waals surface area contributed by atoms with E-state index in [9.17, 15) is 22.0 Å². The minimum absolute atomic E-state index is 0.440. The second-order valence-corrected chi connectivity index (χ2v) is 4.56. The molecule has 0 saturated carbocycles. The summed E-state index contributed by atoms with van der Waals surface area (Å²) in [5.41, 5.74) is 0. The molecular weight excluding hydrogens is 234 g/mol. The molecule has 0 unspecified atom stereocenters. The highest BCUT2D eigenvalue weighted by Crippen LogP contribution is 2.09. The first-order valence-corrected chi connectivity index (χ1v) is 5.72. The summed E-state index contributed by atoms with van der Waals surface area (Å²) in [7, 11) is -4.88. The van der Waals surface area contributed by atoms with Gasteiger partial charge in [0, 0.05) is 13.1 Å². The maximum atomic E-state index is 11.8. The Hall–Kier alpha value is -0.960. The van der Waals surface area contributed by atoms with Crippen LogP contribution in [0.25, 0.3) is 0 Å². The topological polar surface area (TPSA) is 75.7 Å². The number of alkyl halides is 2. The number of carbonyl (C=O) groups is 1. The lowest BCUT2D eigenvalue weighted by atomic mass is 10.4. The smallest absolute Gasteiger partial charge is 0.338 e. The number of halogens is 2. The normalized spacial score (nSPS) is 17.1. The summed E-state index contributed by atoms with van der Waals surface area (Å²) in [5, 5.41) is 0. The van der Waals surface area contributed by atoms with E-state index in [2.05, 4.69) is 4.84 Å². The van der Waals surface area contributed by atoms with Gasteiger partial charge in [-0.05, 0) is 17.7 Å². The van der Waals surface area contributed by atoms with E-state index >= 15 is 0 Å². The molecule has 1 aliphatic heterocycles. The summed E-state index contributed by atoms with van der Waals surface area (Å²) in [5.74, 6) is -3.62. The third-order valence-corrected chi connectivity index (χ3v) is 2.63. The number of sulfonamides is 1. The summed E-state index contributed by atoms with van der Waals surface area (Å²) in [6.45, 7) is 0.879. The molecule has 1 heterocycles. The first-order valence-electron chi connectivity index (χ1n) is 4.18. The average molecular weight is 244 g/mol. The van der Waals surface area contributed by atoms with Crippen LogP contribution in [0, 0.1) is 0 Å². The molecular formula is C6H10F2N2O4S. The van der Waals surface area contributed by atoms with Crippen molar-refractivity contribution in [2.24, 2.45) is 0 Å². The average Bonchev–Trinajstić information content (AvgIpc) is 2.66. The number of amides is 1. The first-order chi connectivity index (χ1) is 6.93. The second-order valence-electron chi connectivity index (χ2n) is 2.95. The third kappa shape index (κ3) is 3.27. The number of nitrogens with one attached hydrogen (secondary N) is 1. The SMILES string of the molecule is O=C(ONS(=O)(=O)C(F)F)N1CCCC1. The molecule has 1 rings (SSSR count). The molecule has 0 spiro atoms. The van der Waals surface area contributed by atoms with E-state index in [-0.39, 0.29) is 0 Å². The van der Waals surface area contributed by atoms with Crippen LogP contribution < -0.4 is 4.89 Å². The Morgan fingerprint density at radius 3 is 2.33 bits per heavy atom. The number of nitrogens with zero attached hydrogens (tertiary/aromatic N) is 1. The molecule has 0 bridgehead atoms. The van der Waals surface area contributed by atoms with Gasteiger partial charge in [0.1, 0.15) is 0 Å². The Bertz CT molecular complexity index is 326. The van der Waals surface area contributed by atoms with Gasteiger partial charge in [-0.15, -0.1) is 0 Å². The van der Waals surface area contributed by atoms with Gasteiger partial charge in [0.05, 0.1) is 0 Å². The Morgan fingerprint density at radius 2 is 1.87 bits per heavy atom. The van der Waals surface area contributed by atoms with Gasteiger partial charge in [0.2, 0.25) is 0 Å². The van der Waals surface area contributed by atoms with Gasteiger partial charge in [-0.3, -0.25) is 0 Å². The number of hydrogen-bond acceptors (Lipinski definition) is 4. The van der Waals surface area contributed by atoms with Crippen LogP contribution >= 0.6 is 0 Å². The van der Waals surface area contributed by atoms with Gasteiger partial charge in [0.15, 0.2) is 0 Å². The van der Waals surface area contributed by atoms with Crippen molar-refractivity contribution in [2.45, 2.75) is 18.6 Å². The molecule has 0 radical (unpaired) electrons. The fourth-order valence-corrected chi connectivity index (χ4v) is 1.35. The predicted octanol–water partition coefficient (Wildman–Crippen LogP) is 0.276. The van der Waals surface area contributed by atoms with Crippen molar-refractivity contribution in [3.05, 3.63) is 0 Å². The van der Waals surface area contributed by atoms with Crippen LogP contribution in [-0.4, -0.2) is 38.3 Å². The van der Waals surface area contributed by atoms with Crippen LogP contribution in [0.15, 0.2) is 0 Å². The van der Waals surface area contributed by atoms with Gasteiger partial charge in [-0.2, -0.15) is 8.78 Å².